The third kappa shape index (κ3) is 1.34. The summed E-state index contributed by atoms with van der Waals surface area (Å²) in [5.74, 6) is 0.764. The Hall–Kier alpha value is -1.66. The van der Waals surface area contributed by atoms with E-state index in [2.05, 4.69) is 10.1 Å². The van der Waals surface area contributed by atoms with Gasteiger partial charge in [-0.15, -0.1) is 0 Å². The van der Waals surface area contributed by atoms with E-state index in [0.29, 0.717) is 6.54 Å². The molecule has 3 aromatic heterocycles. The van der Waals surface area contributed by atoms with Crippen LogP contribution in [-0.4, -0.2) is 14.6 Å². The van der Waals surface area contributed by atoms with Crippen LogP contribution in [0.3, 0.4) is 0 Å². The molecule has 0 fully saturated rings. The second-order valence-electron chi connectivity index (χ2n) is 3.05. The molecule has 0 bridgehead atoms. The first-order chi connectivity index (χ1) is 7.36. The Kier molecular flexibility index (Phi) is 1.83. The number of furan rings is 1. The van der Waals surface area contributed by atoms with Crippen molar-refractivity contribution in [2.24, 2.45) is 5.73 Å². The molecule has 0 aliphatic heterocycles. The summed E-state index contributed by atoms with van der Waals surface area (Å²) in [5, 5.41) is 5.17. The number of imidazole rings is 1. The summed E-state index contributed by atoms with van der Waals surface area (Å²) in [6.07, 6.45) is 3.46. The number of hydrogen-bond acceptors (Lipinski definition) is 5. The van der Waals surface area contributed by atoms with E-state index in [9.17, 15) is 0 Å². The Labute approximate surface area is 89.2 Å². The van der Waals surface area contributed by atoms with E-state index < -0.39 is 0 Å². The van der Waals surface area contributed by atoms with Crippen LogP contribution in [0.15, 0.2) is 29.0 Å². The predicted molar refractivity (Wildman–Crippen MR) is 56.5 cm³/mol. The predicted octanol–water partition coefficient (Wildman–Crippen LogP) is 1.51. The zero-order valence-corrected chi connectivity index (χ0v) is 8.57. The minimum Gasteiger partial charge on any atom is -0.462 e. The lowest BCUT2D eigenvalue weighted by Gasteiger charge is -1.85. The van der Waals surface area contributed by atoms with Gasteiger partial charge in [0.05, 0.1) is 18.2 Å². The van der Waals surface area contributed by atoms with Gasteiger partial charge in [-0.3, -0.25) is 0 Å². The Morgan fingerprint density at radius 3 is 3.13 bits per heavy atom. The topological polar surface area (TPSA) is 69.3 Å². The zero-order valence-electron chi connectivity index (χ0n) is 7.75. The summed E-state index contributed by atoms with van der Waals surface area (Å²) < 4.78 is 6.98. The molecule has 6 heteroatoms. The summed E-state index contributed by atoms with van der Waals surface area (Å²) in [6.45, 7) is 0.437. The van der Waals surface area contributed by atoms with Crippen molar-refractivity contribution in [2.45, 2.75) is 6.54 Å². The van der Waals surface area contributed by atoms with Gasteiger partial charge >= 0.3 is 0 Å². The van der Waals surface area contributed by atoms with Crippen molar-refractivity contribution in [3.8, 4) is 10.8 Å². The lowest BCUT2D eigenvalue weighted by Crippen LogP contribution is -1.95. The van der Waals surface area contributed by atoms with E-state index >= 15 is 0 Å². The second kappa shape index (κ2) is 3.18. The quantitative estimate of drug-likeness (QED) is 0.710. The zero-order chi connectivity index (χ0) is 10.3. The van der Waals surface area contributed by atoms with Gasteiger partial charge in [0, 0.05) is 6.54 Å². The van der Waals surface area contributed by atoms with Crippen LogP contribution in [0.2, 0.25) is 0 Å². The molecule has 0 atom stereocenters. The van der Waals surface area contributed by atoms with Crippen molar-refractivity contribution in [1.82, 2.24) is 14.6 Å². The van der Waals surface area contributed by atoms with Gasteiger partial charge in [-0.25, -0.2) is 9.50 Å². The Morgan fingerprint density at radius 2 is 2.47 bits per heavy atom. The number of nitrogens with two attached hydrogens (primary N) is 1. The van der Waals surface area contributed by atoms with Gasteiger partial charge < -0.3 is 10.2 Å². The van der Waals surface area contributed by atoms with Gasteiger partial charge in [0.15, 0.2) is 10.8 Å². The maximum atomic E-state index is 5.49. The van der Waals surface area contributed by atoms with E-state index in [4.69, 9.17) is 10.2 Å². The van der Waals surface area contributed by atoms with E-state index in [-0.39, 0.29) is 0 Å². The summed E-state index contributed by atoms with van der Waals surface area (Å²) in [5.41, 5.74) is 6.33. The highest BCUT2D eigenvalue weighted by molar-refractivity contribution is 7.19. The first-order valence-electron chi connectivity index (χ1n) is 4.46. The number of rotatable bonds is 2. The van der Waals surface area contributed by atoms with Crippen LogP contribution in [-0.2, 0) is 6.54 Å². The van der Waals surface area contributed by atoms with Crippen LogP contribution in [0.25, 0.3) is 15.7 Å². The molecule has 0 spiro atoms. The van der Waals surface area contributed by atoms with Crippen molar-refractivity contribution in [2.75, 3.05) is 0 Å². The van der Waals surface area contributed by atoms with Gasteiger partial charge in [-0.1, -0.05) is 11.3 Å². The van der Waals surface area contributed by atoms with Crippen LogP contribution >= 0.6 is 11.3 Å². The molecule has 0 unspecified atom stereocenters. The fourth-order valence-electron chi connectivity index (χ4n) is 1.34. The van der Waals surface area contributed by atoms with Gasteiger partial charge in [0.2, 0.25) is 4.96 Å². The van der Waals surface area contributed by atoms with E-state index in [1.165, 1.54) is 11.3 Å². The van der Waals surface area contributed by atoms with Crippen LogP contribution in [0.4, 0.5) is 0 Å². The van der Waals surface area contributed by atoms with Crippen molar-refractivity contribution in [3.63, 3.8) is 0 Å². The molecule has 5 nitrogen and oxygen atoms in total. The van der Waals surface area contributed by atoms with Gasteiger partial charge in [-0.2, -0.15) is 5.10 Å². The fraction of sp³-hybridized carbons (Fsp3) is 0.111. The summed E-state index contributed by atoms with van der Waals surface area (Å²) >= 11 is 1.48. The van der Waals surface area contributed by atoms with Crippen molar-refractivity contribution in [3.05, 3.63) is 30.3 Å². The summed E-state index contributed by atoms with van der Waals surface area (Å²) in [4.78, 5) is 5.15. The average molecular weight is 220 g/mol. The summed E-state index contributed by atoms with van der Waals surface area (Å²) in [6, 6.07) is 3.72. The minimum absolute atomic E-state index is 0.437. The number of fused-ring (bicyclic) bond motifs is 1. The molecule has 0 amide bonds. The van der Waals surface area contributed by atoms with E-state index in [1.54, 1.807) is 10.8 Å². The standard InChI is InChI=1S/C9H8N4OS/c10-4-6-5-13-9(11-6)15-8(12-13)7-2-1-3-14-7/h1-3,5H,4,10H2. The maximum Gasteiger partial charge on any atom is 0.212 e. The Balaban J connectivity index is 2.12. The van der Waals surface area contributed by atoms with E-state index in [0.717, 1.165) is 21.4 Å². The Morgan fingerprint density at radius 1 is 1.53 bits per heavy atom. The summed E-state index contributed by atoms with van der Waals surface area (Å²) in [7, 11) is 0. The molecule has 76 valence electrons. The molecule has 3 rings (SSSR count). The molecule has 15 heavy (non-hydrogen) atoms. The number of hydrogen-bond donors (Lipinski definition) is 1. The van der Waals surface area contributed by atoms with Crippen LogP contribution < -0.4 is 5.73 Å². The van der Waals surface area contributed by atoms with Crippen LogP contribution in [0, 0.1) is 0 Å². The van der Waals surface area contributed by atoms with Crippen LogP contribution in [0.1, 0.15) is 5.69 Å². The van der Waals surface area contributed by atoms with Gasteiger partial charge in [-0.05, 0) is 12.1 Å². The highest BCUT2D eigenvalue weighted by atomic mass is 32.1. The fourth-order valence-corrected chi connectivity index (χ4v) is 2.21. The minimum atomic E-state index is 0.437. The van der Waals surface area contributed by atoms with E-state index in [1.807, 2.05) is 18.3 Å². The largest absolute Gasteiger partial charge is 0.462 e. The Bertz CT molecular complexity index is 549. The lowest BCUT2D eigenvalue weighted by atomic mass is 10.5. The highest BCUT2D eigenvalue weighted by Gasteiger charge is 2.10. The average Bonchev–Trinajstić information content (AvgIpc) is 2.91. The molecule has 0 radical (unpaired) electrons. The molecule has 0 aliphatic rings. The first kappa shape index (κ1) is 8.63. The number of aromatic nitrogens is 3. The van der Waals surface area contributed by atoms with Crippen molar-refractivity contribution < 1.29 is 4.42 Å². The van der Waals surface area contributed by atoms with Crippen LogP contribution in [0.5, 0.6) is 0 Å². The third-order valence-electron chi connectivity index (χ3n) is 2.03. The molecule has 3 heterocycles. The highest BCUT2D eigenvalue weighted by Crippen LogP contribution is 2.25. The third-order valence-corrected chi connectivity index (χ3v) is 2.97. The van der Waals surface area contributed by atoms with Crippen molar-refractivity contribution >= 4 is 16.3 Å². The molecule has 0 aliphatic carbocycles. The molecule has 0 aromatic carbocycles. The molecule has 0 saturated heterocycles. The molecule has 0 saturated carbocycles. The lowest BCUT2D eigenvalue weighted by molar-refractivity contribution is 0.580. The molecular weight excluding hydrogens is 212 g/mol. The normalized spacial score (nSPS) is 11.3. The van der Waals surface area contributed by atoms with Crippen molar-refractivity contribution in [1.29, 1.82) is 0 Å². The monoisotopic (exact) mass is 220 g/mol. The molecular formula is C9H8N4OS. The smallest absolute Gasteiger partial charge is 0.212 e. The van der Waals surface area contributed by atoms with Gasteiger partial charge in [0.1, 0.15) is 0 Å². The second-order valence-corrected chi connectivity index (χ2v) is 4.00. The first-order valence-corrected chi connectivity index (χ1v) is 5.27. The maximum absolute atomic E-state index is 5.49. The SMILES string of the molecule is NCc1cn2nc(-c3ccco3)sc2n1. The number of nitrogens with zero attached hydrogens (tertiary/aromatic N) is 3. The molecule has 2 N–H and O–H groups in total. The van der Waals surface area contributed by atoms with Gasteiger partial charge in [0.25, 0.3) is 0 Å². The molecule has 3 aromatic rings.